The van der Waals surface area contributed by atoms with Crippen molar-refractivity contribution in [1.82, 2.24) is 5.32 Å². The number of hydrogen-bond donors (Lipinski definition) is 4. The van der Waals surface area contributed by atoms with Gasteiger partial charge in [0.25, 0.3) is 20.2 Å². The highest BCUT2D eigenvalue weighted by molar-refractivity contribution is 7.86. The van der Waals surface area contributed by atoms with Gasteiger partial charge in [-0.3, -0.25) is 13.9 Å². The lowest BCUT2D eigenvalue weighted by molar-refractivity contribution is -0.138. The first-order valence-electron chi connectivity index (χ1n) is 8.68. The fourth-order valence-corrected chi connectivity index (χ4v) is 4.27. The number of alkyl carbamates (subject to hydrolysis) is 1. The van der Waals surface area contributed by atoms with E-state index in [4.69, 9.17) is 9.84 Å². The van der Waals surface area contributed by atoms with Crippen LogP contribution in [0.1, 0.15) is 24.0 Å². The van der Waals surface area contributed by atoms with Crippen LogP contribution in [0, 0.1) is 0 Å². The molecule has 11 nitrogen and oxygen atoms in total. The van der Waals surface area contributed by atoms with Crippen LogP contribution in [0.25, 0.3) is 11.1 Å². The molecule has 0 aliphatic heterocycles. The van der Waals surface area contributed by atoms with E-state index in [1.165, 1.54) is 19.1 Å². The summed E-state index contributed by atoms with van der Waals surface area (Å²) in [6, 6.07) is 6.15. The van der Waals surface area contributed by atoms with Crippen LogP contribution >= 0.6 is 0 Å². The summed E-state index contributed by atoms with van der Waals surface area (Å²) in [7, 11) is -9.10. The molecule has 0 fully saturated rings. The number of ether oxygens (including phenoxy) is 1. The molecular formula is C18H17NO10S2. The topological polar surface area (TPSA) is 184 Å². The fraction of sp³-hybridized carbons (Fsp3) is 0.222. The Balaban J connectivity index is 2.01. The van der Waals surface area contributed by atoms with Gasteiger partial charge in [-0.05, 0) is 53.4 Å². The van der Waals surface area contributed by atoms with Gasteiger partial charge in [0.2, 0.25) is 0 Å². The third-order valence-corrected chi connectivity index (χ3v) is 6.47. The van der Waals surface area contributed by atoms with Crippen LogP contribution < -0.4 is 5.32 Å². The minimum absolute atomic E-state index is 0.267. The minimum Gasteiger partial charge on any atom is -0.480 e. The van der Waals surface area contributed by atoms with Gasteiger partial charge in [-0.2, -0.15) is 16.8 Å². The van der Waals surface area contributed by atoms with Crippen LogP contribution in [0.2, 0.25) is 0 Å². The van der Waals surface area contributed by atoms with Gasteiger partial charge in [-0.25, -0.2) is 4.79 Å². The maximum Gasteiger partial charge on any atom is 0.407 e. The highest BCUT2D eigenvalue weighted by Crippen LogP contribution is 2.46. The zero-order valence-corrected chi connectivity index (χ0v) is 17.5. The summed E-state index contributed by atoms with van der Waals surface area (Å²) in [6.07, 6.45) is -0.992. The van der Waals surface area contributed by atoms with Crippen molar-refractivity contribution in [2.45, 2.75) is 28.7 Å². The number of carbonyl (C=O) groups is 2. The second-order valence-corrected chi connectivity index (χ2v) is 9.65. The Hall–Kier alpha value is -3.00. The van der Waals surface area contributed by atoms with Gasteiger partial charge >= 0.3 is 12.1 Å². The molecule has 31 heavy (non-hydrogen) atoms. The number of amides is 1. The lowest BCUT2D eigenvalue weighted by atomic mass is 9.98. The van der Waals surface area contributed by atoms with E-state index < -0.39 is 54.0 Å². The van der Waals surface area contributed by atoms with E-state index in [0.717, 1.165) is 24.3 Å². The molecule has 0 saturated heterocycles. The van der Waals surface area contributed by atoms with Crippen molar-refractivity contribution < 1.29 is 45.4 Å². The van der Waals surface area contributed by atoms with Crippen LogP contribution in [0.5, 0.6) is 0 Å². The van der Waals surface area contributed by atoms with E-state index in [-0.39, 0.29) is 17.7 Å². The monoisotopic (exact) mass is 471 g/mol. The van der Waals surface area contributed by atoms with Gasteiger partial charge in [0.1, 0.15) is 12.6 Å². The molecule has 0 heterocycles. The van der Waals surface area contributed by atoms with Gasteiger partial charge in [-0.15, -0.1) is 0 Å². The van der Waals surface area contributed by atoms with Gasteiger partial charge in [-0.1, -0.05) is 12.1 Å². The Kier molecular flexibility index (Phi) is 5.80. The molecule has 0 saturated carbocycles. The first-order valence-corrected chi connectivity index (χ1v) is 11.6. The maximum absolute atomic E-state index is 11.9. The molecule has 0 aromatic heterocycles. The number of carboxylic acids is 1. The van der Waals surface area contributed by atoms with Crippen molar-refractivity contribution in [3.8, 4) is 11.1 Å². The number of carboxylic acid groups (broad SMARTS) is 1. The zero-order chi connectivity index (χ0) is 23.1. The first kappa shape index (κ1) is 22.7. The predicted octanol–water partition coefficient (Wildman–Crippen LogP) is 1.49. The highest BCUT2D eigenvalue weighted by Gasteiger charge is 2.32. The van der Waals surface area contributed by atoms with Crippen LogP contribution in [0.4, 0.5) is 4.79 Å². The fourth-order valence-electron chi connectivity index (χ4n) is 3.25. The summed E-state index contributed by atoms with van der Waals surface area (Å²) in [5, 5.41) is 11.0. The highest BCUT2D eigenvalue weighted by atomic mass is 32.2. The molecule has 166 valence electrons. The normalized spacial score (nSPS) is 14.4. The van der Waals surface area contributed by atoms with Crippen molar-refractivity contribution in [1.29, 1.82) is 0 Å². The maximum atomic E-state index is 11.9. The molecule has 4 N–H and O–H groups in total. The molecule has 3 rings (SSSR count). The molecule has 1 aliphatic rings. The van der Waals surface area contributed by atoms with Crippen LogP contribution in [-0.4, -0.2) is 55.8 Å². The summed E-state index contributed by atoms with van der Waals surface area (Å²) in [4.78, 5) is 21.9. The summed E-state index contributed by atoms with van der Waals surface area (Å²) in [6.45, 7) is 0.978. The van der Waals surface area contributed by atoms with Crippen LogP contribution in [-0.2, 0) is 29.8 Å². The summed E-state index contributed by atoms with van der Waals surface area (Å²) < 4.78 is 69.9. The third kappa shape index (κ3) is 4.69. The van der Waals surface area contributed by atoms with E-state index >= 15 is 0 Å². The van der Waals surface area contributed by atoms with E-state index in [0.29, 0.717) is 11.1 Å². The SMILES string of the molecule is C[C@H](NC(=O)OCC1c2ccc(S(=O)(=O)O)cc2-c2cc(S(=O)(=O)O)ccc21)C(=O)O. The van der Waals surface area contributed by atoms with Crippen molar-refractivity contribution in [2.75, 3.05) is 6.61 Å². The van der Waals surface area contributed by atoms with Crippen LogP contribution in [0.3, 0.4) is 0 Å². The number of benzene rings is 2. The molecule has 0 unspecified atom stereocenters. The molecule has 2 aromatic carbocycles. The van der Waals surface area contributed by atoms with Gasteiger partial charge in [0.15, 0.2) is 0 Å². The Morgan fingerprint density at radius 2 is 1.42 bits per heavy atom. The Morgan fingerprint density at radius 3 is 1.81 bits per heavy atom. The summed E-state index contributed by atoms with van der Waals surface area (Å²) in [5.74, 6) is -1.90. The van der Waals surface area contributed by atoms with Crippen LogP contribution in [0.15, 0.2) is 46.2 Å². The average molecular weight is 471 g/mol. The number of aliphatic carboxylic acids is 1. The zero-order valence-electron chi connectivity index (χ0n) is 15.8. The molecule has 2 aromatic rings. The number of fused-ring (bicyclic) bond motifs is 3. The average Bonchev–Trinajstić information content (AvgIpc) is 2.97. The second kappa shape index (κ2) is 7.92. The largest absolute Gasteiger partial charge is 0.480 e. The van der Waals surface area contributed by atoms with Gasteiger partial charge < -0.3 is 15.2 Å². The van der Waals surface area contributed by atoms with E-state index in [1.807, 2.05) is 0 Å². The molecule has 0 spiro atoms. The number of nitrogens with one attached hydrogen (secondary N) is 1. The summed E-state index contributed by atoms with van der Waals surface area (Å²) >= 11 is 0. The first-order chi connectivity index (χ1) is 14.3. The van der Waals surface area contributed by atoms with Crippen molar-refractivity contribution in [3.05, 3.63) is 47.5 Å². The van der Waals surface area contributed by atoms with E-state index in [1.54, 1.807) is 0 Å². The predicted molar refractivity (Wildman–Crippen MR) is 105 cm³/mol. The number of rotatable bonds is 6. The molecule has 1 atom stereocenters. The lowest BCUT2D eigenvalue weighted by Gasteiger charge is -2.16. The number of carbonyl (C=O) groups excluding carboxylic acids is 1. The van der Waals surface area contributed by atoms with Gasteiger partial charge in [0, 0.05) is 5.92 Å². The molecule has 13 heteroatoms. The molecule has 1 aliphatic carbocycles. The Labute approximate surface area is 177 Å². The van der Waals surface area contributed by atoms with Crippen molar-refractivity contribution in [2.24, 2.45) is 0 Å². The van der Waals surface area contributed by atoms with E-state index in [9.17, 15) is 35.5 Å². The van der Waals surface area contributed by atoms with Crippen molar-refractivity contribution >= 4 is 32.3 Å². The third-order valence-electron chi connectivity index (χ3n) is 4.77. The van der Waals surface area contributed by atoms with E-state index in [2.05, 4.69) is 5.32 Å². The van der Waals surface area contributed by atoms with Crippen molar-refractivity contribution in [3.63, 3.8) is 0 Å². The summed E-state index contributed by atoms with van der Waals surface area (Å²) in [5.41, 5.74) is 1.50. The lowest BCUT2D eigenvalue weighted by Crippen LogP contribution is -2.39. The molecule has 0 bridgehead atoms. The minimum atomic E-state index is -4.55. The Bertz CT molecular complexity index is 1200. The number of hydrogen-bond acceptors (Lipinski definition) is 7. The smallest absolute Gasteiger partial charge is 0.407 e. The molecular weight excluding hydrogens is 454 g/mol. The second-order valence-electron chi connectivity index (χ2n) is 6.80. The Morgan fingerprint density at radius 1 is 0.968 bits per heavy atom. The molecule has 0 radical (unpaired) electrons. The molecule has 1 amide bonds. The quantitative estimate of drug-likeness (QED) is 0.450. The standard InChI is InChI=1S/C18H17NO10S2/c1-9(17(20)21)19-18(22)29-8-16-12-4-2-10(30(23,24)25)6-14(12)15-7-11(31(26,27)28)3-5-13(15)16/h2-7,9,16H,8H2,1H3,(H,19,22)(H,20,21)(H,23,24,25)(H,26,27,28)/t9-/m0/s1. The van der Waals surface area contributed by atoms with Gasteiger partial charge in [0.05, 0.1) is 9.79 Å².